The third-order valence-corrected chi connectivity index (χ3v) is 5.02. The van der Waals surface area contributed by atoms with Crippen LogP contribution < -0.4 is 10.1 Å². The molecule has 0 atom stereocenters. The molecule has 0 radical (unpaired) electrons. The molecule has 0 bridgehead atoms. The van der Waals surface area contributed by atoms with Gasteiger partial charge < -0.3 is 15.2 Å². The van der Waals surface area contributed by atoms with E-state index >= 15 is 0 Å². The topological polar surface area (TPSA) is 75.6 Å². The van der Waals surface area contributed by atoms with Crippen molar-refractivity contribution in [2.45, 2.75) is 25.0 Å². The number of hydrogen-bond donors (Lipinski definition) is 2. The van der Waals surface area contributed by atoms with Crippen LogP contribution in [0.5, 0.6) is 5.75 Å². The Kier molecular flexibility index (Phi) is 6.69. The maximum absolute atomic E-state index is 12.9. The summed E-state index contributed by atoms with van der Waals surface area (Å²) in [6.07, 6.45) is 0. The van der Waals surface area contributed by atoms with Gasteiger partial charge in [0.2, 0.25) is 5.91 Å². The van der Waals surface area contributed by atoms with Gasteiger partial charge in [-0.15, -0.1) is 11.8 Å². The average Bonchev–Trinajstić information content (AvgIpc) is 2.61. The van der Waals surface area contributed by atoms with Crippen LogP contribution in [0.1, 0.15) is 25.0 Å². The van der Waals surface area contributed by atoms with Gasteiger partial charge in [0.25, 0.3) is 0 Å². The van der Waals surface area contributed by atoms with E-state index in [0.29, 0.717) is 17.2 Å². The first-order valence-corrected chi connectivity index (χ1v) is 9.33. The summed E-state index contributed by atoms with van der Waals surface area (Å²) in [6.45, 7) is 3.71. The van der Waals surface area contributed by atoms with Gasteiger partial charge in [-0.25, -0.2) is 0 Å². The number of ether oxygens (including phenoxy) is 1. The Bertz CT molecular complexity index is 789. The van der Waals surface area contributed by atoms with Gasteiger partial charge >= 0.3 is 5.97 Å². The van der Waals surface area contributed by atoms with Crippen molar-refractivity contribution in [3.8, 4) is 5.75 Å². The molecule has 6 heteroatoms. The molecular formula is C20H23NO4S. The lowest BCUT2D eigenvalue weighted by Gasteiger charge is -2.26. The highest BCUT2D eigenvalue weighted by Gasteiger charge is 2.32. The molecule has 0 aliphatic carbocycles. The number of hydrogen-bond acceptors (Lipinski definition) is 4. The molecule has 2 N–H and O–H groups in total. The molecule has 5 nitrogen and oxygen atoms in total. The fourth-order valence-corrected chi connectivity index (χ4v) is 3.26. The van der Waals surface area contributed by atoms with E-state index in [1.807, 2.05) is 62.4 Å². The molecule has 2 aromatic carbocycles. The number of aliphatic carboxylic acids is 1. The highest BCUT2D eigenvalue weighted by atomic mass is 32.2. The summed E-state index contributed by atoms with van der Waals surface area (Å²) in [4.78, 5) is 23.5. The fraction of sp³-hybridized carbons (Fsp3) is 0.300. The smallest absolute Gasteiger partial charge is 0.313 e. The lowest BCUT2D eigenvalue weighted by molar-refractivity contribution is -0.133. The van der Waals surface area contributed by atoms with Crippen LogP contribution in [0.15, 0.2) is 48.5 Å². The normalized spacial score (nSPS) is 11.0. The predicted molar refractivity (Wildman–Crippen MR) is 105 cm³/mol. The Morgan fingerprint density at radius 3 is 2.58 bits per heavy atom. The van der Waals surface area contributed by atoms with Crippen LogP contribution in [0.25, 0.3) is 0 Å². The van der Waals surface area contributed by atoms with Crippen LogP contribution in [0.4, 0.5) is 5.69 Å². The van der Waals surface area contributed by atoms with E-state index in [4.69, 9.17) is 9.84 Å². The monoisotopic (exact) mass is 373 g/mol. The zero-order valence-corrected chi connectivity index (χ0v) is 15.9. The number of rotatable bonds is 8. The van der Waals surface area contributed by atoms with Gasteiger partial charge in [0, 0.05) is 17.0 Å². The van der Waals surface area contributed by atoms with E-state index in [2.05, 4.69) is 5.32 Å². The minimum absolute atomic E-state index is 0.0530. The summed E-state index contributed by atoms with van der Waals surface area (Å²) >= 11 is 1.32. The molecule has 138 valence electrons. The molecule has 26 heavy (non-hydrogen) atoms. The summed E-state index contributed by atoms with van der Waals surface area (Å²) < 4.78 is 5.38. The molecule has 0 heterocycles. The van der Waals surface area contributed by atoms with Crippen molar-refractivity contribution in [3.05, 3.63) is 59.7 Å². The second-order valence-electron chi connectivity index (χ2n) is 6.37. The quantitative estimate of drug-likeness (QED) is 0.733. The van der Waals surface area contributed by atoms with Crippen molar-refractivity contribution in [1.82, 2.24) is 0 Å². The minimum atomic E-state index is -0.835. The van der Waals surface area contributed by atoms with Crippen LogP contribution >= 0.6 is 11.8 Å². The van der Waals surface area contributed by atoms with Gasteiger partial charge in [-0.3, -0.25) is 9.59 Å². The largest absolute Gasteiger partial charge is 0.496 e. The Balaban J connectivity index is 2.12. The van der Waals surface area contributed by atoms with Crippen LogP contribution in [0.2, 0.25) is 0 Å². The van der Waals surface area contributed by atoms with Crippen molar-refractivity contribution in [2.75, 3.05) is 18.2 Å². The number of thioether (sulfide) groups is 1. The van der Waals surface area contributed by atoms with Gasteiger partial charge in [-0.05, 0) is 37.6 Å². The van der Waals surface area contributed by atoms with Crippen LogP contribution in [-0.2, 0) is 20.8 Å². The molecule has 0 aliphatic heterocycles. The predicted octanol–water partition coefficient (Wildman–Crippen LogP) is 3.93. The van der Waals surface area contributed by atoms with E-state index in [0.717, 1.165) is 11.1 Å². The van der Waals surface area contributed by atoms with Crippen molar-refractivity contribution in [1.29, 1.82) is 0 Å². The first-order valence-electron chi connectivity index (χ1n) is 8.18. The number of carbonyl (C=O) groups excluding carboxylic acids is 1. The highest BCUT2D eigenvalue weighted by Crippen LogP contribution is 2.32. The first kappa shape index (κ1) is 19.8. The molecular weight excluding hydrogens is 350 g/mol. The molecule has 0 spiro atoms. The molecule has 2 rings (SSSR count). The molecule has 0 aromatic heterocycles. The van der Waals surface area contributed by atoms with Gasteiger partial charge in [0.05, 0.1) is 18.3 Å². The van der Waals surface area contributed by atoms with Crippen molar-refractivity contribution >= 4 is 29.3 Å². The van der Waals surface area contributed by atoms with E-state index < -0.39 is 11.4 Å². The van der Waals surface area contributed by atoms with Crippen LogP contribution in [-0.4, -0.2) is 29.8 Å². The number of benzene rings is 2. The van der Waals surface area contributed by atoms with E-state index in [1.54, 1.807) is 7.11 Å². The molecule has 0 aliphatic rings. The fourth-order valence-electron chi connectivity index (χ4n) is 2.57. The number of carboxylic acids is 1. The molecule has 0 fully saturated rings. The van der Waals surface area contributed by atoms with Crippen molar-refractivity contribution in [3.63, 3.8) is 0 Å². The maximum Gasteiger partial charge on any atom is 0.313 e. The zero-order valence-electron chi connectivity index (χ0n) is 15.1. The second-order valence-corrected chi connectivity index (χ2v) is 7.35. The van der Waals surface area contributed by atoms with Crippen molar-refractivity contribution in [2.24, 2.45) is 0 Å². The SMILES string of the molecule is COc1ccccc1C(C)(C)C(=O)Nc1cccc(CSCC(=O)O)c1. The van der Waals surface area contributed by atoms with Gasteiger partial charge in [-0.2, -0.15) is 0 Å². The number of carbonyl (C=O) groups is 2. The standard InChI is InChI=1S/C20H23NO4S/c1-20(2,16-9-4-5-10-17(16)25-3)19(24)21-15-8-6-7-14(11-15)12-26-13-18(22)23/h4-11H,12-13H2,1-3H3,(H,21,24)(H,22,23). The molecule has 0 saturated carbocycles. The number of methoxy groups -OCH3 is 1. The summed E-state index contributed by atoms with van der Waals surface area (Å²) in [5.74, 6) is 0.324. The minimum Gasteiger partial charge on any atom is -0.496 e. The lowest BCUT2D eigenvalue weighted by atomic mass is 9.83. The van der Waals surface area contributed by atoms with Gasteiger partial charge in [-0.1, -0.05) is 30.3 Å². The Hall–Kier alpha value is -2.47. The number of carboxylic acid groups (broad SMARTS) is 1. The van der Waals surface area contributed by atoms with Gasteiger partial charge in [0.1, 0.15) is 5.75 Å². The molecule has 1 amide bonds. The summed E-state index contributed by atoms with van der Waals surface area (Å²) in [6, 6.07) is 14.9. The first-order chi connectivity index (χ1) is 12.3. The number of anilines is 1. The van der Waals surface area contributed by atoms with Crippen LogP contribution in [0.3, 0.4) is 0 Å². The Labute approximate surface area is 157 Å². The summed E-state index contributed by atoms with van der Waals surface area (Å²) in [5.41, 5.74) is 1.68. The number of amides is 1. The summed E-state index contributed by atoms with van der Waals surface area (Å²) in [7, 11) is 1.59. The third-order valence-electron chi connectivity index (χ3n) is 4.03. The van der Waals surface area contributed by atoms with E-state index in [1.165, 1.54) is 11.8 Å². The van der Waals surface area contributed by atoms with Gasteiger partial charge in [0.15, 0.2) is 0 Å². The summed E-state index contributed by atoms with van der Waals surface area (Å²) in [5, 5.41) is 11.7. The number of nitrogens with one attached hydrogen (secondary N) is 1. The lowest BCUT2D eigenvalue weighted by Crippen LogP contribution is -2.35. The van der Waals surface area contributed by atoms with Crippen molar-refractivity contribution < 1.29 is 19.4 Å². The molecule has 0 saturated heterocycles. The molecule has 2 aromatic rings. The zero-order chi connectivity index (χ0) is 19.2. The van der Waals surface area contributed by atoms with Crippen LogP contribution in [0, 0.1) is 0 Å². The highest BCUT2D eigenvalue weighted by molar-refractivity contribution is 7.99. The number of para-hydroxylation sites is 1. The third kappa shape index (κ3) is 5.02. The maximum atomic E-state index is 12.9. The van der Waals surface area contributed by atoms with E-state index in [9.17, 15) is 9.59 Å². The molecule has 0 unspecified atom stereocenters. The Morgan fingerprint density at radius 1 is 1.15 bits per heavy atom. The Morgan fingerprint density at radius 2 is 1.88 bits per heavy atom. The second kappa shape index (κ2) is 8.76. The average molecular weight is 373 g/mol. The van der Waals surface area contributed by atoms with E-state index in [-0.39, 0.29) is 11.7 Å².